The van der Waals surface area contributed by atoms with E-state index in [0.29, 0.717) is 5.69 Å². The first-order valence-electron chi connectivity index (χ1n) is 7.60. The van der Waals surface area contributed by atoms with E-state index in [1.807, 2.05) is 42.5 Å². The van der Waals surface area contributed by atoms with Crippen LogP contribution in [0.5, 0.6) is 0 Å². The van der Waals surface area contributed by atoms with E-state index in [1.54, 1.807) is 12.1 Å². The summed E-state index contributed by atoms with van der Waals surface area (Å²) in [7, 11) is -3.85. The molecular weight excluding hydrogens is 417 g/mol. The summed E-state index contributed by atoms with van der Waals surface area (Å²) >= 11 is -5.03. The van der Waals surface area contributed by atoms with Gasteiger partial charge >= 0.3 is 136 Å². The fourth-order valence-electron chi connectivity index (χ4n) is 2.39. The molecule has 0 spiro atoms. The first-order chi connectivity index (χ1) is 12.3. The molecule has 0 heterocycles. The predicted octanol–water partition coefficient (Wildman–Crippen LogP) is 1.72. The van der Waals surface area contributed by atoms with Crippen molar-refractivity contribution in [3.63, 3.8) is 0 Å². The van der Waals surface area contributed by atoms with Gasteiger partial charge in [-0.25, -0.2) is 0 Å². The summed E-state index contributed by atoms with van der Waals surface area (Å²) in [5.41, 5.74) is 2.38. The molecule has 0 aromatic heterocycles. The molecule has 0 fully saturated rings. The van der Waals surface area contributed by atoms with Gasteiger partial charge in [0, 0.05) is 0 Å². The third kappa shape index (κ3) is 4.26. The second kappa shape index (κ2) is 7.13. The van der Waals surface area contributed by atoms with Crippen LogP contribution in [0.25, 0.3) is 11.1 Å². The summed E-state index contributed by atoms with van der Waals surface area (Å²) in [5.74, 6) is 0. The molecule has 0 aliphatic carbocycles. The average molecular weight is 433 g/mol. The zero-order valence-corrected chi connectivity index (χ0v) is 16.2. The molecule has 134 valence electrons. The summed E-state index contributed by atoms with van der Waals surface area (Å²) in [6, 6.07) is 21.3. The summed E-state index contributed by atoms with van der Waals surface area (Å²) in [5, 5.41) is 0. The fourth-order valence-corrected chi connectivity index (χ4v) is 4.58. The number of anilines is 1. The molecule has 0 aliphatic heterocycles. The minimum atomic E-state index is -5.03. The number of hydrogen-bond donors (Lipinski definition) is 3. The van der Waals surface area contributed by atoms with E-state index in [-0.39, 0.29) is 9.25 Å². The monoisotopic (exact) mass is 433 g/mol. The quantitative estimate of drug-likeness (QED) is 0.532. The number of nitrogens with one attached hydrogen (secondary N) is 1. The van der Waals surface area contributed by atoms with Crippen LogP contribution in [0, 0.1) is 0 Å². The Labute approximate surface area is 154 Å². The van der Waals surface area contributed by atoms with E-state index in [9.17, 15) is 12.2 Å². The van der Waals surface area contributed by atoms with Crippen molar-refractivity contribution < 1.29 is 20.3 Å². The van der Waals surface area contributed by atoms with Crippen molar-refractivity contribution in [3.05, 3.63) is 78.9 Å². The van der Waals surface area contributed by atoms with Crippen molar-refractivity contribution in [3.8, 4) is 11.1 Å². The molecule has 0 unspecified atom stereocenters. The van der Waals surface area contributed by atoms with Crippen LogP contribution in [-0.4, -0.2) is 30.8 Å². The first-order valence-corrected chi connectivity index (χ1v) is 12.5. The van der Waals surface area contributed by atoms with Crippen LogP contribution < -0.4 is 9.07 Å². The average Bonchev–Trinajstić information content (AvgIpc) is 2.62. The molecule has 0 radical (unpaired) electrons. The van der Waals surface area contributed by atoms with E-state index < -0.39 is 24.2 Å². The van der Waals surface area contributed by atoms with Crippen molar-refractivity contribution in [2.45, 2.75) is 4.90 Å². The molecule has 3 rings (SSSR count). The van der Waals surface area contributed by atoms with Gasteiger partial charge in [-0.3, -0.25) is 0 Å². The Morgan fingerprint density at radius 3 is 1.81 bits per heavy atom. The van der Waals surface area contributed by atoms with Gasteiger partial charge in [0.1, 0.15) is 0 Å². The van der Waals surface area contributed by atoms with Crippen molar-refractivity contribution in [1.29, 1.82) is 0 Å². The summed E-state index contributed by atoms with van der Waals surface area (Å²) < 4.78 is 56.6. The third-order valence-corrected chi connectivity index (χ3v) is 7.16. The zero-order valence-electron chi connectivity index (χ0n) is 13.5. The predicted molar refractivity (Wildman–Crippen MR) is 99.6 cm³/mol. The molecule has 3 aromatic carbocycles. The van der Waals surface area contributed by atoms with Gasteiger partial charge in [-0.1, -0.05) is 18.2 Å². The van der Waals surface area contributed by atoms with Gasteiger partial charge in [0.25, 0.3) is 0 Å². The second-order valence-electron chi connectivity index (χ2n) is 5.59. The Kier molecular flexibility index (Phi) is 5.07. The Bertz CT molecular complexity index is 1040. The number of rotatable bonds is 5. The maximum atomic E-state index is 12.4. The molecule has 0 saturated heterocycles. The molecule has 0 aliphatic rings. The van der Waals surface area contributed by atoms with Crippen molar-refractivity contribution in [2.75, 3.05) is 4.72 Å². The van der Waals surface area contributed by atoms with Gasteiger partial charge in [-0.05, 0) is 0 Å². The molecule has 6 nitrogen and oxygen atoms in total. The summed E-state index contributed by atoms with van der Waals surface area (Å²) in [4.78, 5) is -0.0719. The van der Waals surface area contributed by atoms with Crippen molar-refractivity contribution in [1.82, 2.24) is 0 Å². The van der Waals surface area contributed by atoms with E-state index in [2.05, 4.69) is 4.72 Å². The molecular formula is C18H16AsNO5S. The van der Waals surface area contributed by atoms with Crippen molar-refractivity contribution >= 4 is 34.2 Å². The molecule has 3 N–H and O–H groups in total. The van der Waals surface area contributed by atoms with Crippen molar-refractivity contribution in [2.24, 2.45) is 0 Å². The van der Waals surface area contributed by atoms with Crippen LogP contribution in [0.2, 0.25) is 0 Å². The molecule has 26 heavy (non-hydrogen) atoms. The Morgan fingerprint density at radius 2 is 1.27 bits per heavy atom. The van der Waals surface area contributed by atoms with Gasteiger partial charge in [0.05, 0.1) is 0 Å². The summed E-state index contributed by atoms with van der Waals surface area (Å²) in [6.07, 6.45) is 0. The molecule has 0 atom stereocenters. The van der Waals surface area contributed by atoms with Crippen LogP contribution in [0.15, 0.2) is 83.8 Å². The molecule has 0 saturated carbocycles. The summed E-state index contributed by atoms with van der Waals surface area (Å²) in [6.45, 7) is 0. The van der Waals surface area contributed by atoms with Gasteiger partial charge in [0.15, 0.2) is 0 Å². The normalized spacial score (nSPS) is 11.9. The van der Waals surface area contributed by atoms with Gasteiger partial charge in [0.2, 0.25) is 0 Å². The number of benzene rings is 3. The third-order valence-electron chi connectivity index (χ3n) is 3.73. The van der Waals surface area contributed by atoms with Crippen LogP contribution >= 0.6 is 0 Å². The Hall–Kier alpha value is -2.31. The van der Waals surface area contributed by atoms with Gasteiger partial charge < -0.3 is 0 Å². The molecule has 3 aromatic rings. The Morgan fingerprint density at radius 1 is 0.731 bits per heavy atom. The fraction of sp³-hybridized carbons (Fsp3) is 0. The second-order valence-corrected chi connectivity index (χ2v) is 10.6. The standard InChI is InChI=1S/C18H16AsNO5S/c21-19(22,23)16-8-12-18(13-9-16)26(24,25)20-17-10-6-15(7-11-17)14-4-2-1-3-5-14/h1-13,20H,(H2,21,22,23). The van der Waals surface area contributed by atoms with Gasteiger partial charge in [-0.2, -0.15) is 0 Å². The molecule has 8 heteroatoms. The SMILES string of the molecule is O=S(=O)(Nc1ccc(-c2ccccc2)cc1)c1ccc([As](=O)(O)O)cc1. The first kappa shape index (κ1) is 18.5. The zero-order chi connectivity index (χ0) is 18.8. The van der Waals surface area contributed by atoms with Crippen LogP contribution in [0.1, 0.15) is 0 Å². The number of hydrogen-bond acceptors (Lipinski definition) is 3. The van der Waals surface area contributed by atoms with Crippen LogP contribution in [0.3, 0.4) is 0 Å². The van der Waals surface area contributed by atoms with E-state index in [0.717, 1.165) is 23.3 Å². The van der Waals surface area contributed by atoms with Gasteiger partial charge in [-0.15, -0.1) is 0 Å². The number of sulfonamides is 1. The molecule has 0 amide bonds. The van der Waals surface area contributed by atoms with Crippen LogP contribution in [0.4, 0.5) is 5.69 Å². The Balaban J connectivity index is 1.80. The minimum absolute atomic E-state index is 0.0719. The topological polar surface area (TPSA) is 104 Å². The van der Waals surface area contributed by atoms with E-state index >= 15 is 0 Å². The molecule has 0 bridgehead atoms. The van der Waals surface area contributed by atoms with E-state index in [4.69, 9.17) is 8.19 Å². The van der Waals surface area contributed by atoms with Crippen LogP contribution in [-0.2, 0) is 13.8 Å². The van der Waals surface area contributed by atoms with E-state index in [1.165, 1.54) is 12.1 Å². The maximum absolute atomic E-state index is 12.4.